The molecule has 0 aliphatic carbocycles. The number of nitrogens with two attached hydrogens (primary N) is 1. The Hall–Kier alpha value is -1.40. The lowest BCUT2D eigenvalue weighted by molar-refractivity contribution is 0.00768. The zero-order valence-corrected chi connectivity index (χ0v) is 10.3. The third-order valence-electron chi connectivity index (χ3n) is 2.96. The minimum absolute atomic E-state index is 0.398. The fourth-order valence-electron chi connectivity index (χ4n) is 1.96. The van der Waals surface area contributed by atoms with Crippen LogP contribution in [0.25, 0.3) is 10.8 Å². The first-order chi connectivity index (χ1) is 8.17. The molecule has 1 atom stereocenters. The van der Waals surface area contributed by atoms with Crippen LogP contribution in [0.1, 0.15) is 25.6 Å². The Labute approximate surface area is 103 Å². The number of ether oxygens (including phenoxy) is 1. The van der Waals surface area contributed by atoms with Gasteiger partial charge in [0.2, 0.25) is 5.82 Å². The lowest BCUT2D eigenvalue weighted by Crippen LogP contribution is -2.21. The molecule has 0 saturated carbocycles. The van der Waals surface area contributed by atoms with E-state index in [2.05, 4.69) is 10.1 Å². The van der Waals surface area contributed by atoms with Gasteiger partial charge >= 0.3 is 0 Å². The first-order valence-corrected chi connectivity index (χ1v) is 6.33. The number of thiophene rings is 1. The largest absolute Gasteiger partial charge is 0.391 e. The van der Waals surface area contributed by atoms with Crippen molar-refractivity contribution in [3.8, 4) is 10.8 Å². The molecule has 0 aromatic carbocycles. The van der Waals surface area contributed by atoms with E-state index in [0.29, 0.717) is 11.7 Å². The summed E-state index contributed by atoms with van der Waals surface area (Å²) in [6.07, 6.45) is 1.96. The van der Waals surface area contributed by atoms with E-state index in [0.717, 1.165) is 29.3 Å². The van der Waals surface area contributed by atoms with Crippen LogP contribution < -0.4 is 5.73 Å². The Morgan fingerprint density at radius 1 is 1.47 bits per heavy atom. The van der Waals surface area contributed by atoms with Crippen LogP contribution in [0.4, 0.5) is 5.00 Å². The van der Waals surface area contributed by atoms with Crippen molar-refractivity contribution in [1.82, 2.24) is 10.1 Å². The molecule has 0 bridgehead atoms. The Morgan fingerprint density at radius 3 is 3.00 bits per heavy atom. The average Bonchev–Trinajstić information content (AvgIpc) is 2.96. The highest BCUT2D eigenvalue weighted by Crippen LogP contribution is 2.35. The molecule has 1 aliphatic heterocycles. The van der Waals surface area contributed by atoms with Gasteiger partial charge in [0.25, 0.3) is 5.89 Å². The fraction of sp³-hybridized carbons (Fsp3) is 0.455. The maximum absolute atomic E-state index is 5.67. The van der Waals surface area contributed by atoms with Gasteiger partial charge in [-0.2, -0.15) is 4.98 Å². The summed E-state index contributed by atoms with van der Waals surface area (Å²) in [7, 11) is 0. The average molecular weight is 251 g/mol. The summed E-state index contributed by atoms with van der Waals surface area (Å²) < 4.78 is 10.9. The van der Waals surface area contributed by atoms with Crippen LogP contribution >= 0.6 is 11.3 Å². The molecule has 1 aliphatic rings. The van der Waals surface area contributed by atoms with Gasteiger partial charge < -0.3 is 15.0 Å². The molecule has 3 rings (SSSR count). The SMILES string of the molecule is CC1(c2noc(-c3ccc(N)s3)n2)CCCO1. The van der Waals surface area contributed by atoms with E-state index in [1.54, 1.807) is 0 Å². The molecular weight excluding hydrogens is 238 g/mol. The number of hydrogen-bond acceptors (Lipinski definition) is 6. The standard InChI is InChI=1S/C11H13N3O2S/c1-11(5-2-6-15-11)10-13-9(16-14-10)7-3-4-8(12)17-7/h3-4H,2,5-6,12H2,1H3. The van der Waals surface area contributed by atoms with E-state index >= 15 is 0 Å². The van der Waals surface area contributed by atoms with Crippen LogP contribution in [-0.2, 0) is 10.3 Å². The molecule has 5 nitrogen and oxygen atoms in total. The third-order valence-corrected chi connectivity index (χ3v) is 3.86. The number of hydrogen-bond donors (Lipinski definition) is 1. The normalized spacial score (nSPS) is 24.3. The topological polar surface area (TPSA) is 74.2 Å². The molecular formula is C11H13N3O2S. The fourth-order valence-corrected chi connectivity index (χ4v) is 2.66. The second-order valence-corrected chi connectivity index (χ2v) is 5.42. The highest BCUT2D eigenvalue weighted by molar-refractivity contribution is 7.19. The molecule has 1 unspecified atom stereocenters. The van der Waals surface area contributed by atoms with Crippen molar-refractivity contribution < 1.29 is 9.26 Å². The van der Waals surface area contributed by atoms with Gasteiger partial charge in [-0.3, -0.25) is 0 Å². The molecule has 90 valence electrons. The second-order valence-electron chi connectivity index (χ2n) is 4.31. The summed E-state index contributed by atoms with van der Waals surface area (Å²) in [5, 5.41) is 4.75. The van der Waals surface area contributed by atoms with Crippen molar-refractivity contribution in [3.05, 3.63) is 18.0 Å². The molecule has 2 aromatic heterocycles. The van der Waals surface area contributed by atoms with Crippen LogP contribution in [0.3, 0.4) is 0 Å². The Balaban J connectivity index is 1.92. The van der Waals surface area contributed by atoms with Crippen molar-refractivity contribution in [3.63, 3.8) is 0 Å². The highest BCUT2D eigenvalue weighted by atomic mass is 32.1. The number of nitrogens with zero attached hydrogens (tertiary/aromatic N) is 2. The third kappa shape index (κ3) is 1.83. The van der Waals surface area contributed by atoms with Crippen molar-refractivity contribution in [1.29, 1.82) is 0 Å². The maximum Gasteiger partial charge on any atom is 0.268 e. The zero-order valence-electron chi connectivity index (χ0n) is 9.47. The molecule has 1 fully saturated rings. The monoisotopic (exact) mass is 251 g/mol. The van der Waals surface area contributed by atoms with Crippen molar-refractivity contribution in [2.45, 2.75) is 25.4 Å². The quantitative estimate of drug-likeness (QED) is 0.887. The Bertz CT molecular complexity index is 528. The van der Waals surface area contributed by atoms with Crippen molar-refractivity contribution in [2.75, 3.05) is 12.3 Å². The Kier molecular flexibility index (Phi) is 2.41. The van der Waals surface area contributed by atoms with Crippen molar-refractivity contribution in [2.24, 2.45) is 0 Å². The van der Waals surface area contributed by atoms with Crippen LogP contribution in [0.2, 0.25) is 0 Å². The predicted molar refractivity (Wildman–Crippen MR) is 64.6 cm³/mol. The number of anilines is 1. The van der Waals surface area contributed by atoms with Gasteiger partial charge in [0.15, 0.2) is 0 Å². The minimum Gasteiger partial charge on any atom is -0.391 e. The highest BCUT2D eigenvalue weighted by Gasteiger charge is 2.36. The molecule has 0 spiro atoms. The Morgan fingerprint density at radius 2 is 2.35 bits per heavy atom. The van der Waals surface area contributed by atoms with E-state index in [-0.39, 0.29) is 0 Å². The summed E-state index contributed by atoms with van der Waals surface area (Å²) in [6.45, 7) is 2.75. The number of nitrogen functional groups attached to an aromatic ring is 1. The van der Waals surface area contributed by atoms with Crippen molar-refractivity contribution >= 4 is 16.3 Å². The first kappa shape index (κ1) is 10.7. The number of aromatic nitrogens is 2. The van der Waals surface area contributed by atoms with E-state index in [9.17, 15) is 0 Å². The molecule has 0 radical (unpaired) electrons. The minimum atomic E-state index is -0.398. The van der Waals surface area contributed by atoms with E-state index < -0.39 is 5.60 Å². The lowest BCUT2D eigenvalue weighted by Gasteiger charge is -2.17. The molecule has 6 heteroatoms. The van der Waals surface area contributed by atoms with Crippen LogP contribution in [-0.4, -0.2) is 16.7 Å². The van der Waals surface area contributed by atoms with E-state index in [1.165, 1.54) is 11.3 Å². The summed E-state index contributed by atoms with van der Waals surface area (Å²) >= 11 is 1.44. The maximum atomic E-state index is 5.67. The van der Waals surface area contributed by atoms with Crippen LogP contribution in [0.5, 0.6) is 0 Å². The summed E-state index contributed by atoms with van der Waals surface area (Å²) in [5.41, 5.74) is 5.28. The van der Waals surface area contributed by atoms with Gasteiger partial charge in [0.05, 0.1) is 9.88 Å². The molecule has 0 amide bonds. The lowest BCUT2D eigenvalue weighted by atomic mass is 10.0. The van der Waals surface area contributed by atoms with Gasteiger partial charge in [-0.15, -0.1) is 11.3 Å². The zero-order chi connectivity index (χ0) is 11.9. The van der Waals surface area contributed by atoms with Gasteiger partial charge in [-0.25, -0.2) is 0 Å². The molecule has 1 saturated heterocycles. The predicted octanol–water partition coefficient (Wildman–Crippen LogP) is 2.41. The summed E-state index contributed by atoms with van der Waals surface area (Å²) in [5.74, 6) is 1.13. The van der Waals surface area contributed by atoms with E-state index in [4.69, 9.17) is 15.0 Å². The van der Waals surface area contributed by atoms with Gasteiger partial charge in [0, 0.05) is 6.61 Å². The van der Waals surface area contributed by atoms with E-state index in [1.807, 2.05) is 19.1 Å². The first-order valence-electron chi connectivity index (χ1n) is 5.51. The van der Waals surface area contributed by atoms with Gasteiger partial charge in [-0.05, 0) is 31.9 Å². The molecule has 2 aromatic rings. The summed E-state index contributed by atoms with van der Waals surface area (Å²) in [4.78, 5) is 5.29. The molecule has 17 heavy (non-hydrogen) atoms. The van der Waals surface area contributed by atoms with Gasteiger partial charge in [-0.1, -0.05) is 5.16 Å². The molecule has 2 N–H and O–H groups in total. The summed E-state index contributed by atoms with van der Waals surface area (Å²) in [6, 6.07) is 3.72. The smallest absolute Gasteiger partial charge is 0.268 e. The van der Waals surface area contributed by atoms with Crippen LogP contribution in [0.15, 0.2) is 16.7 Å². The second kappa shape index (κ2) is 3.82. The van der Waals surface area contributed by atoms with Crippen LogP contribution in [0, 0.1) is 0 Å². The number of rotatable bonds is 2. The van der Waals surface area contributed by atoms with Gasteiger partial charge in [0.1, 0.15) is 5.60 Å². The molecule has 3 heterocycles.